The second-order valence-electron chi connectivity index (χ2n) is 6.60. The van der Waals surface area contributed by atoms with E-state index >= 15 is 0 Å². The molecule has 0 saturated heterocycles. The fraction of sp³-hybridized carbons (Fsp3) is 0.421. The Bertz CT molecular complexity index is 595. The van der Waals surface area contributed by atoms with Crippen LogP contribution in [0.15, 0.2) is 47.1 Å². The molecule has 0 atom stereocenters. The summed E-state index contributed by atoms with van der Waals surface area (Å²) in [5.74, 6) is 1.54. The smallest absolute Gasteiger partial charge is 0.257 e. The van der Waals surface area contributed by atoms with Crippen LogP contribution >= 0.6 is 0 Å². The Morgan fingerprint density at radius 2 is 1.91 bits per heavy atom. The Labute approximate surface area is 137 Å². The van der Waals surface area contributed by atoms with Crippen molar-refractivity contribution in [2.24, 2.45) is 0 Å². The molecular formula is C19H25NO3. The van der Waals surface area contributed by atoms with E-state index in [1.807, 2.05) is 36.4 Å². The molecule has 0 aliphatic rings. The van der Waals surface area contributed by atoms with Crippen molar-refractivity contribution >= 4 is 5.91 Å². The molecule has 0 radical (unpaired) electrons. The first-order chi connectivity index (χ1) is 10.9. The molecule has 4 nitrogen and oxygen atoms in total. The molecule has 1 heterocycles. The average Bonchev–Trinajstić information content (AvgIpc) is 3.02. The van der Waals surface area contributed by atoms with E-state index in [4.69, 9.17) is 9.15 Å². The summed E-state index contributed by atoms with van der Waals surface area (Å²) < 4.78 is 10.7. The molecule has 0 aliphatic heterocycles. The first kappa shape index (κ1) is 17.1. The van der Waals surface area contributed by atoms with E-state index in [1.54, 1.807) is 6.26 Å². The van der Waals surface area contributed by atoms with Crippen molar-refractivity contribution in [3.8, 4) is 5.75 Å². The number of amides is 1. The van der Waals surface area contributed by atoms with Gasteiger partial charge in [0.1, 0.15) is 11.5 Å². The molecule has 0 fully saturated rings. The van der Waals surface area contributed by atoms with Crippen LogP contribution in [0.25, 0.3) is 0 Å². The summed E-state index contributed by atoms with van der Waals surface area (Å²) in [5.41, 5.74) is 1.36. The van der Waals surface area contributed by atoms with Gasteiger partial charge < -0.3 is 14.5 Å². The number of aryl methyl sites for hydroxylation is 1. The Morgan fingerprint density at radius 3 is 2.52 bits per heavy atom. The molecule has 1 N–H and O–H groups in total. The van der Waals surface area contributed by atoms with Crippen molar-refractivity contribution in [3.05, 3.63) is 54.0 Å². The highest BCUT2D eigenvalue weighted by Crippen LogP contribution is 2.24. The molecule has 0 aliphatic carbocycles. The lowest BCUT2D eigenvalue weighted by Crippen LogP contribution is -2.29. The molecule has 1 aromatic carbocycles. The third kappa shape index (κ3) is 5.81. The molecule has 124 valence electrons. The van der Waals surface area contributed by atoms with Gasteiger partial charge in [-0.05, 0) is 41.7 Å². The number of ether oxygens (including phenoxy) is 1. The number of nitrogens with one attached hydrogen (secondary N) is 1. The van der Waals surface area contributed by atoms with Gasteiger partial charge in [0.2, 0.25) is 0 Å². The average molecular weight is 315 g/mol. The highest BCUT2D eigenvalue weighted by Gasteiger charge is 2.13. The van der Waals surface area contributed by atoms with Crippen LogP contribution in [0, 0.1) is 0 Å². The summed E-state index contributed by atoms with van der Waals surface area (Å²) in [7, 11) is 0. The topological polar surface area (TPSA) is 51.5 Å². The fourth-order valence-electron chi connectivity index (χ4n) is 2.20. The lowest BCUT2D eigenvalue weighted by atomic mass is 9.87. The van der Waals surface area contributed by atoms with Gasteiger partial charge in [-0.25, -0.2) is 0 Å². The lowest BCUT2D eigenvalue weighted by Gasteiger charge is -2.19. The van der Waals surface area contributed by atoms with E-state index in [1.165, 1.54) is 5.56 Å². The van der Waals surface area contributed by atoms with Crippen LogP contribution in [0.1, 0.15) is 38.5 Å². The maximum absolute atomic E-state index is 11.7. The molecule has 0 saturated carbocycles. The van der Waals surface area contributed by atoms with E-state index in [0.29, 0.717) is 12.3 Å². The summed E-state index contributed by atoms with van der Waals surface area (Å²) in [4.78, 5) is 11.7. The lowest BCUT2D eigenvalue weighted by molar-refractivity contribution is -0.123. The Morgan fingerprint density at radius 1 is 1.17 bits per heavy atom. The quantitative estimate of drug-likeness (QED) is 0.793. The Balaban J connectivity index is 1.66. The first-order valence-electron chi connectivity index (χ1n) is 7.97. The van der Waals surface area contributed by atoms with Crippen LogP contribution in [0.4, 0.5) is 0 Å². The zero-order valence-electron chi connectivity index (χ0n) is 14.1. The van der Waals surface area contributed by atoms with Crippen molar-refractivity contribution in [1.82, 2.24) is 5.32 Å². The van der Waals surface area contributed by atoms with Crippen LogP contribution in [-0.2, 0) is 16.6 Å². The van der Waals surface area contributed by atoms with Crippen LogP contribution < -0.4 is 10.1 Å². The van der Waals surface area contributed by atoms with Crippen molar-refractivity contribution in [2.75, 3.05) is 13.2 Å². The summed E-state index contributed by atoms with van der Waals surface area (Å²) in [5, 5.41) is 2.85. The van der Waals surface area contributed by atoms with Gasteiger partial charge in [0.25, 0.3) is 5.91 Å². The minimum atomic E-state index is -0.107. The number of carbonyl (C=O) groups excluding carboxylic acids is 1. The predicted octanol–water partition coefficient (Wildman–Crippen LogP) is 3.70. The standard InChI is InChI=1S/C19H25NO3/c1-19(2,3)15-8-10-17(11-9-15)23-14-18(21)20-12-4-6-16-7-5-13-22-16/h5,7-11,13H,4,6,12,14H2,1-3H3,(H,20,21). The molecular weight excluding hydrogens is 290 g/mol. The second kappa shape index (κ2) is 7.86. The minimum absolute atomic E-state index is 0.0373. The van der Waals surface area contributed by atoms with Gasteiger partial charge in [-0.1, -0.05) is 32.9 Å². The fourth-order valence-corrected chi connectivity index (χ4v) is 2.20. The molecule has 2 aromatic rings. The SMILES string of the molecule is CC(C)(C)c1ccc(OCC(=O)NCCCc2ccco2)cc1. The van der Waals surface area contributed by atoms with Gasteiger partial charge in [0, 0.05) is 13.0 Å². The minimum Gasteiger partial charge on any atom is -0.484 e. The van der Waals surface area contributed by atoms with E-state index in [0.717, 1.165) is 18.6 Å². The Kier molecular flexibility index (Phi) is 5.85. The Hall–Kier alpha value is -2.23. The highest BCUT2D eigenvalue weighted by molar-refractivity contribution is 5.77. The number of rotatable bonds is 7. The van der Waals surface area contributed by atoms with Gasteiger partial charge in [-0.15, -0.1) is 0 Å². The highest BCUT2D eigenvalue weighted by atomic mass is 16.5. The van der Waals surface area contributed by atoms with Gasteiger partial charge in [0.05, 0.1) is 6.26 Å². The van der Waals surface area contributed by atoms with E-state index < -0.39 is 0 Å². The maximum Gasteiger partial charge on any atom is 0.257 e. The predicted molar refractivity (Wildman–Crippen MR) is 90.7 cm³/mol. The van der Waals surface area contributed by atoms with Gasteiger partial charge in [-0.2, -0.15) is 0 Å². The van der Waals surface area contributed by atoms with Gasteiger partial charge >= 0.3 is 0 Å². The largest absolute Gasteiger partial charge is 0.484 e. The van der Waals surface area contributed by atoms with Crippen molar-refractivity contribution in [3.63, 3.8) is 0 Å². The van der Waals surface area contributed by atoms with Crippen LogP contribution in [0.5, 0.6) is 5.75 Å². The number of benzene rings is 1. The zero-order chi connectivity index (χ0) is 16.7. The van der Waals surface area contributed by atoms with Crippen LogP contribution in [0.2, 0.25) is 0 Å². The maximum atomic E-state index is 11.7. The molecule has 2 rings (SSSR count). The number of hydrogen-bond donors (Lipinski definition) is 1. The molecule has 1 amide bonds. The molecule has 23 heavy (non-hydrogen) atoms. The van der Waals surface area contributed by atoms with Crippen LogP contribution in [0.3, 0.4) is 0 Å². The van der Waals surface area contributed by atoms with Gasteiger partial charge in [-0.3, -0.25) is 4.79 Å². The van der Waals surface area contributed by atoms with Crippen molar-refractivity contribution in [1.29, 1.82) is 0 Å². The van der Waals surface area contributed by atoms with E-state index in [-0.39, 0.29) is 17.9 Å². The zero-order valence-corrected chi connectivity index (χ0v) is 14.1. The van der Waals surface area contributed by atoms with E-state index in [9.17, 15) is 4.79 Å². The molecule has 0 unspecified atom stereocenters. The normalized spacial score (nSPS) is 11.3. The number of carbonyl (C=O) groups is 1. The summed E-state index contributed by atoms with van der Waals surface area (Å²) in [6.07, 6.45) is 3.33. The summed E-state index contributed by atoms with van der Waals surface area (Å²) in [6, 6.07) is 11.7. The number of furan rings is 1. The number of hydrogen-bond acceptors (Lipinski definition) is 3. The summed E-state index contributed by atoms with van der Waals surface area (Å²) in [6.45, 7) is 7.15. The van der Waals surface area contributed by atoms with Crippen molar-refractivity contribution < 1.29 is 13.9 Å². The van der Waals surface area contributed by atoms with Crippen LogP contribution in [-0.4, -0.2) is 19.1 Å². The third-order valence-corrected chi connectivity index (χ3v) is 3.59. The molecule has 1 aromatic heterocycles. The molecule has 0 bridgehead atoms. The van der Waals surface area contributed by atoms with Crippen molar-refractivity contribution in [2.45, 2.75) is 39.0 Å². The molecule has 0 spiro atoms. The second-order valence-corrected chi connectivity index (χ2v) is 6.60. The first-order valence-corrected chi connectivity index (χ1v) is 7.97. The molecule has 4 heteroatoms. The van der Waals surface area contributed by atoms with E-state index in [2.05, 4.69) is 26.1 Å². The van der Waals surface area contributed by atoms with Gasteiger partial charge in [0.15, 0.2) is 6.61 Å². The monoisotopic (exact) mass is 315 g/mol. The third-order valence-electron chi connectivity index (χ3n) is 3.59. The summed E-state index contributed by atoms with van der Waals surface area (Å²) >= 11 is 0.